The van der Waals surface area contributed by atoms with Crippen LogP contribution in [0.1, 0.15) is 12.8 Å². The van der Waals surface area contributed by atoms with Crippen molar-refractivity contribution in [2.45, 2.75) is 25.0 Å². The van der Waals surface area contributed by atoms with Crippen molar-refractivity contribution in [3.05, 3.63) is 30.3 Å². The van der Waals surface area contributed by atoms with Gasteiger partial charge in [0, 0.05) is 38.5 Å². The monoisotopic (exact) mass is 278 g/mol. The van der Waals surface area contributed by atoms with E-state index < -0.39 is 6.10 Å². The molecule has 1 fully saturated rings. The lowest BCUT2D eigenvalue weighted by molar-refractivity contribution is 0.0326. The van der Waals surface area contributed by atoms with Crippen LogP contribution in [0.2, 0.25) is 0 Å². The number of aliphatic hydroxyl groups is 1. The van der Waals surface area contributed by atoms with Gasteiger partial charge in [0.15, 0.2) is 0 Å². The Bertz CT molecular complexity index is 385. The normalized spacial score (nSPS) is 21.2. The van der Waals surface area contributed by atoms with E-state index in [1.165, 1.54) is 18.5 Å². The number of rotatable bonds is 6. The lowest BCUT2D eigenvalue weighted by atomic mass is 10.0. The number of anilines is 1. The molecule has 2 unspecified atom stereocenters. The van der Waals surface area contributed by atoms with Crippen molar-refractivity contribution in [2.75, 3.05) is 45.3 Å². The number of para-hydroxylation sites is 1. The minimum atomic E-state index is -0.405. The molecule has 1 aliphatic rings. The van der Waals surface area contributed by atoms with Gasteiger partial charge in [-0.25, -0.2) is 0 Å². The van der Waals surface area contributed by atoms with Gasteiger partial charge in [-0.1, -0.05) is 18.2 Å². The zero-order valence-electron chi connectivity index (χ0n) is 12.5. The summed E-state index contributed by atoms with van der Waals surface area (Å²) < 4.78 is 5.00. The van der Waals surface area contributed by atoms with Crippen molar-refractivity contribution in [3.63, 3.8) is 0 Å². The van der Waals surface area contributed by atoms with Gasteiger partial charge in [-0.05, 0) is 32.0 Å². The zero-order chi connectivity index (χ0) is 14.4. The lowest BCUT2D eigenvalue weighted by Gasteiger charge is -2.39. The molecule has 0 aromatic heterocycles. The van der Waals surface area contributed by atoms with Crippen molar-refractivity contribution in [2.24, 2.45) is 0 Å². The van der Waals surface area contributed by atoms with E-state index in [2.05, 4.69) is 47.2 Å². The van der Waals surface area contributed by atoms with Crippen LogP contribution < -0.4 is 4.90 Å². The minimum absolute atomic E-state index is 0.402. The number of benzene rings is 1. The first-order valence-electron chi connectivity index (χ1n) is 7.38. The van der Waals surface area contributed by atoms with Crippen molar-refractivity contribution < 1.29 is 9.84 Å². The van der Waals surface area contributed by atoms with Gasteiger partial charge in [-0.2, -0.15) is 0 Å². The fraction of sp³-hybridized carbons (Fsp3) is 0.625. The molecule has 0 amide bonds. The fourth-order valence-electron chi connectivity index (χ4n) is 2.91. The van der Waals surface area contributed by atoms with E-state index in [1.807, 2.05) is 0 Å². The summed E-state index contributed by atoms with van der Waals surface area (Å²) >= 11 is 0. The van der Waals surface area contributed by atoms with Crippen LogP contribution in [0.15, 0.2) is 30.3 Å². The first-order valence-corrected chi connectivity index (χ1v) is 7.38. The zero-order valence-corrected chi connectivity index (χ0v) is 12.5. The number of piperidine rings is 1. The molecule has 1 aromatic rings. The molecule has 1 aliphatic heterocycles. The average molecular weight is 278 g/mol. The summed E-state index contributed by atoms with van der Waals surface area (Å²) in [4.78, 5) is 4.70. The Labute approximate surface area is 122 Å². The highest BCUT2D eigenvalue weighted by Gasteiger charge is 2.24. The standard InChI is InChI=1S/C16H26N2O2/c1-17(12-16(19)13-20-2)15-9-6-10-18(11-15)14-7-4-3-5-8-14/h3-5,7-8,15-16,19H,6,9-13H2,1-2H3. The van der Waals surface area contributed by atoms with E-state index in [0.29, 0.717) is 19.2 Å². The Balaban J connectivity index is 1.90. The fourth-order valence-corrected chi connectivity index (χ4v) is 2.91. The molecule has 4 nitrogen and oxygen atoms in total. The summed E-state index contributed by atoms with van der Waals surface area (Å²) in [7, 11) is 3.72. The van der Waals surface area contributed by atoms with E-state index in [9.17, 15) is 5.11 Å². The summed E-state index contributed by atoms with van der Waals surface area (Å²) in [6, 6.07) is 11.1. The SMILES string of the molecule is COCC(O)CN(C)C1CCCN(c2ccccc2)C1. The molecular weight excluding hydrogens is 252 g/mol. The Morgan fingerprint density at radius 2 is 2.15 bits per heavy atom. The molecule has 4 heteroatoms. The van der Waals surface area contributed by atoms with Gasteiger partial charge in [0.1, 0.15) is 0 Å². The highest BCUT2D eigenvalue weighted by Crippen LogP contribution is 2.21. The molecule has 1 N–H and O–H groups in total. The Hall–Kier alpha value is -1.10. The third-order valence-corrected chi connectivity index (χ3v) is 4.00. The second-order valence-electron chi connectivity index (χ2n) is 5.63. The van der Waals surface area contributed by atoms with E-state index >= 15 is 0 Å². The maximum atomic E-state index is 9.85. The molecule has 1 aromatic carbocycles. The molecule has 112 valence electrons. The number of nitrogens with zero attached hydrogens (tertiary/aromatic N) is 2. The maximum absolute atomic E-state index is 9.85. The summed E-state index contributed by atoms with van der Waals surface area (Å²) in [6.45, 7) is 3.22. The molecule has 0 aliphatic carbocycles. The third-order valence-electron chi connectivity index (χ3n) is 4.00. The van der Waals surface area contributed by atoms with Gasteiger partial charge in [0.2, 0.25) is 0 Å². The molecular formula is C16H26N2O2. The van der Waals surface area contributed by atoms with E-state index in [4.69, 9.17) is 4.74 Å². The van der Waals surface area contributed by atoms with Crippen LogP contribution >= 0.6 is 0 Å². The van der Waals surface area contributed by atoms with Crippen LogP contribution in [-0.4, -0.2) is 62.6 Å². The molecule has 0 spiro atoms. The van der Waals surface area contributed by atoms with Crippen LogP contribution in [0.5, 0.6) is 0 Å². The number of methoxy groups -OCH3 is 1. The predicted molar refractivity (Wildman–Crippen MR) is 82.2 cm³/mol. The van der Waals surface area contributed by atoms with Crippen LogP contribution in [-0.2, 0) is 4.74 Å². The molecule has 0 bridgehead atoms. The lowest BCUT2D eigenvalue weighted by Crippen LogP contribution is -2.49. The molecule has 0 radical (unpaired) electrons. The van der Waals surface area contributed by atoms with Crippen molar-refractivity contribution in [1.29, 1.82) is 0 Å². The second kappa shape index (κ2) is 7.62. The molecule has 20 heavy (non-hydrogen) atoms. The van der Waals surface area contributed by atoms with Crippen LogP contribution in [0, 0.1) is 0 Å². The topological polar surface area (TPSA) is 35.9 Å². The number of likely N-dealkylation sites (N-methyl/N-ethyl adjacent to an activating group) is 1. The van der Waals surface area contributed by atoms with Gasteiger partial charge in [0.05, 0.1) is 12.7 Å². The van der Waals surface area contributed by atoms with Gasteiger partial charge >= 0.3 is 0 Å². The van der Waals surface area contributed by atoms with Crippen molar-refractivity contribution in [3.8, 4) is 0 Å². The average Bonchev–Trinajstić information content (AvgIpc) is 2.48. The highest BCUT2D eigenvalue weighted by atomic mass is 16.5. The summed E-state index contributed by atoms with van der Waals surface area (Å²) in [6.07, 6.45) is 1.99. The quantitative estimate of drug-likeness (QED) is 0.857. The smallest absolute Gasteiger partial charge is 0.0900 e. The van der Waals surface area contributed by atoms with Crippen molar-refractivity contribution in [1.82, 2.24) is 4.90 Å². The van der Waals surface area contributed by atoms with Gasteiger partial charge in [0.25, 0.3) is 0 Å². The molecule has 2 atom stereocenters. The van der Waals surface area contributed by atoms with Gasteiger partial charge < -0.3 is 14.7 Å². The van der Waals surface area contributed by atoms with Crippen LogP contribution in [0.3, 0.4) is 0 Å². The van der Waals surface area contributed by atoms with E-state index in [1.54, 1.807) is 7.11 Å². The number of hydrogen-bond donors (Lipinski definition) is 1. The van der Waals surface area contributed by atoms with E-state index in [-0.39, 0.29) is 0 Å². The van der Waals surface area contributed by atoms with E-state index in [0.717, 1.165) is 13.1 Å². The molecule has 0 saturated carbocycles. The minimum Gasteiger partial charge on any atom is -0.389 e. The number of aliphatic hydroxyl groups excluding tert-OH is 1. The van der Waals surface area contributed by atoms with Gasteiger partial charge in [-0.15, -0.1) is 0 Å². The van der Waals surface area contributed by atoms with Gasteiger partial charge in [-0.3, -0.25) is 4.90 Å². The second-order valence-corrected chi connectivity index (χ2v) is 5.63. The highest BCUT2D eigenvalue weighted by molar-refractivity contribution is 5.46. The Morgan fingerprint density at radius 3 is 2.85 bits per heavy atom. The predicted octanol–water partition coefficient (Wildman–Crippen LogP) is 1.59. The third kappa shape index (κ3) is 4.20. The molecule has 1 saturated heterocycles. The molecule has 2 rings (SSSR count). The van der Waals surface area contributed by atoms with Crippen LogP contribution in [0.25, 0.3) is 0 Å². The Morgan fingerprint density at radius 1 is 1.40 bits per heavy atom. The summed E-state index contributed by atoms with van der Waals surface area (Å²) in [5.74, 6) is 0. The largest absolute Gasteiger partial charge is 0.389 e. The summed E-state index contributed by atoms with van der Waals surface area (Å²) in [5.41, 5.74) is 1.29. The van der Waals surface area contributed by atoms with Crippen molar-refractivity contribution >= 4 is 5.69 Å². The summed E-state index contributed by atoms with van der Waals surface area (Å²) in [5, 5.41) is 9.85. The molecule has 1 heterocycles. The van der Waals surface area contributed by atoms with Crippen LogP contribution in [0.4, 0.5) is 5.69 Å². The number of ether oxygens (including phenoxy) is 1. The first kappa shape index (κ1) is 15.3. The maximum Gasteiger partial charge on any atom is 0.0900 e. The Kier molecular flexibility index (Phi) is 5.83. The number of hydrogen-bond acceptors (Lipinski definition) is 4. The first-order chi connectivity index (χ1) is 9.70.